The number of likely N-dealkylation sites (tertiary alicyclic amines) is 2. The van der Waals surface area contributed by atoms with Gasteiger partial charge < -0.3 is 8.97 Å². The fraction of sp³-hybridized carbons (Fsp3) is 1.00. The Labute approximate surface area is 280 Å². The molecular formula is C42H86N2+2. The Morgan fingerprint density at radius 3 is 0.636 bits per heavy atom. The average Bonchev–Trinajstić information content (AvgIpc) is 3.71. The quantitative estimate of drug-likeness (QED) is 0.0507. The summed E-state index contributed by atoms with van der Waals surface area (Å²) in [4.78, 5) is 0. The smallest absolute Gasteiger partial charge is 0.0788 e. The van der Waals surface area contributed by atoms with Gasteiger partial charge in [0.25, 0.3) is 0 Å². The van der Waals surface area contributed by atoms with Gasteiger partial charge >= 0.3 is 0 Å². The molecular weight excluding hydrogens is 532 g/mol. The molecule has 0 bridgehead atoms. The highest BCUT2D eigenvalue weighted by molar-refractivity contribution is 4.59. The molecule has 2 nitrogen and oxygen atoms in total. The topological polar surface area (TPSA) is 0 Å². The monoisotopic (exact) mass is 619 g/mol. The van der Waals surface area contributed by atoms with Crippen LogP contribution >= 0.6 is 0 Å². The lowest BCUT2D eigenvalue weighted by molar-refractivity contribution is -0.917. The number of hydrogen-bond acceptors (Lipinski definition) is 0. The predicted octanol–water partition coefficient (Wildman–Crippen LogP) is 13.2. The van der Waals surface area contributed by atoms with E-state index >= 15 is 0 Å². The van der Waals surface area contributed by atoms with Crippen molar-refractivity contribution in [2.75, 3.05) is 52.4 Å². The number of unbranched alkanes of at least 4 members (excludes halogenated alkanes) is 25. The van der Waals surface area contributed by atoms with Crippen molar-refractivity contribution in [3.63, 3.8) is 0 Å². The summed E-state index contributed by atoms with van der Waals surface area (Å²) in [7, 11) is 0. The van der Waals surface area contributed by atoms with Crippen LogP contribution in [0.15, 0.2) is 0 Å². The molecule has 44 heavy (non-hydrogen) atoms. The molecule has 0 saturated carbocycles. The van der Waals surface area contributed by atoms with Crippen molar-refractivity contribution in [1.82, 2.24) is 0 Å². The van der Waals surface area contributed by atoms with Crippen molar-refractivity contribution >= 4 is 0 Å². The van der Waals surface area contributed by atoms with Crippen molar-refractivity contribution in [2.24, 2.45) is 0 Å². The summed E-state index contributed by atoms with van der Waals surface area (Å²) in [6.45, 7) is 16.6. The van der Waals surface area contributed by atoms with E-state index in [9.17, 15) is 0 Å². The number of quaternary nitrogens is 2. The minimum absolute atomic E-state index is 1.37. The van der Waals surface area contributed by atoms with Gasteiger partial charge in [-0.1, -0.05) is 142 Å². The normalized spacial score (nSPS) is 17.6. The SMILES string of the molecule is CCCCCCCCCCCC[N+]1(CCCCCCCCCC[N+]2(CCCCCCCCCCCC)CCCC2)CCCC1. The molecule has 0 aromatic rings. The van der Waals surface area contributed by atoms with Crippen LogP contribution in [0.5, 0.6) is 0 Å². The molecule has 2 rings (SSSR count). The molecule has 0 N–H and O–H groups in total. The summed E-state index contributed by atoms with van der Waals surface area (Å²) < 4.78 is 2.99. The molecule has 0 aromatic carbocycles. The van der Waals surface area contributed by atoms with Gasteiger partial charge in [-0.25, -0.2) is 0 Å². The molecule has 0 radical (unpaired) electrons. The second-order valence-electron chi connectivity index (χ2n) is 16.1. The van der Waals surface area contributed by atoms with Crippen LogP contribution in [0.1, 0.15) is 219 Å². The third kappa shape index (κ3) is 20.2. The molecule has 2 aliphatic rings. The molecule has 0 unspecified atom stereocenters. The second-order valence-corrected chi connectivity index (χ2v) is 16.1. The summed E-state index contributed by atoms with van der Waals surface area (Å²) in [5.41, 5.74) is 0. The summed E-state index contributed by atoms with van der Waals surface area (Å²) >= 11 is 0. The zero-order valence-electron chi connectivity index (χ0n) is 31.2. The van der Waals surface area contributed by atoms with E-state index in [0.29, 0.717) is 0 Å². The minimum Gasteiger partial charge on any atom is -0.324 e. The van der Waals surface area contributed by atoms with Gasteiger partial charge in [-0.2, -0.15) is 0 Å². The maximum Gasteiger partial charge on any atom is 0.0788 e. The van der Waals surface area contributed by atoms with Gasteiger partial charge in [-0.05, 0) is 51.4 Å². The van der Waals surface area contributed by atoms with Gasteiger partial charge in [-0.15, -0.1) is 0 Å². The first-order chi connectivity index (χ1) is 21.7. The highest BCUT2D eigenvalue weighted by Gasteiger charge is 2.31. The van der Waals surface area contributed by atoms with Crippen LogP contribution in [0.25, 0.3) is 0 Å². The van der Waals surface area contributed by atoms with E-state index in [1.807, 2.05) is 0 Å². The highest BCUT2D eigenvalue weighted by Crippen LogP contribution is 2.25. The Balaban J connectivity index is 1.40. The Bertz CT molecular complexity index is 537. The van der Waals surface area contributed by atoms with Gasteiger partial charge in [0.1, 0.15) is 0 Å². The molecule has 0 aromatic heterocycles. The van der Waals surface area contributed by atoms with Crippen molar-refractivity contribution in [2.45, 2.75) is 219 Å². The standard InChI is InChI=1S/C42H86N2/c1-3-5-7-9-11-13-15-19-23-27-35-43(39-31-32-40-43)37-29-25-21-17-18-22-26-30-38-44(41-33-34-42-44)36-28-24-20-16-14-12-10-8-6-4-2/h3-42H2,1-2H3/q+2. The third-order valence-electron chi connectivity index (χ3n) is 12.0. The van der Waals surface area contributed by atoms with Crippen LogP contribution < -0.4 is 0 Å². The van der Waals surface area contributed by atoms with Gasteiger partial charge in [0, 0.05) is 25.7 Å². The van der Waals surface area contributed by atoms with Crippen LogP contribution in [0.3, 0.4) is 0 Å². The van der Waals surface area contributed by atoms with E-state index in [1.54, 1.807) is 0 Å². The second kappa shape index (κ2) is 28.0. The fourth-order valence-corrected chi connectivity index (χ4v) is 8.95. The third-order valence-corrected chi connectivity index (χ3v) is 12.0. The number of hydrogen-bond donors (Lipinski definition) is 0. The first-order valence-corrected chi connectivity index (χ1v) is 21.4. The predicted molar refractivity (Wildman–Crippen MR) is 199 cm³/mol. The van der Waals surface area contributed by atoms with E-state index in [2.05, 4.69) is 13.8 Å². The first kappa shape index (κ1) is 40.1. The van der Waals surface area contributed by atoms with Gasteiger partial charge in [-0.3, -0.25) is 0 Å². The Hall–Kier alpha value is -0.0800. The number of rotatable bonds is 33. The van der Waals surface area contributed by atoms with Crippen molar-refractivity contribution in [1.29, 1.82) is 0 Å². The van der Waals surface area contributed by atoms with Crippen molar-refractivity contribution in [3.05, 3.63) is 0 Å². The van der Waals surface area contributed by atoms with Crippen LogP contribution in [-0.2, 0) is 0 Å². The van der Waals surface area contributed by atoms with E-state index in [1.165, 1.54) is 267 Å². The van der Waals surface area contributed by atoms with E-state index in [-0.39, 0.29) is 0 Å². The Morgan fingerprint density at radius 2 is 0.432 bits per heavy atom. The van der Waals surface area contributed by atoms with Gasteiger partial charge in [0.2, 0.25) is 0 Å². The lowest BCUT2D eigenvalue weighted by Gasteiger charge is -2.34. The Morgan fingerprint density at radius 1 is 0.250 bits per heavy atom. The average molecular weight is 619 g/mol. The molecule has 0 aliphatic carbocycles. The maximum atomic E-state index is 2.32. The van der Waals surface area contributed by atoms with E-state index in [4.69, 9.17) is 0 Å². The summed E-state index contributed by atoms with van der Waals surface area (Å²) in [5, 5.41) is 0. The maximum absolute atomic E-state index is 2.32. The molecule has 2 saturated heterocycles. The lowest BCUT2D eigenvalue weighted by Crippen LogP contribution is -2.46. The zero-order chi connectivity index (χ0) is 31.3. The van der Waals surface area contributed by atoms with Gasteiger partial charge in [0.15, 0.2) is 0 Å². The van der Waals surface area contributed by atoms with Crippen LogP contribution in [-0.4, -0.2) is 61.3 Å². The fourth-order valence-electron chi connectivity index (χ4n) is 8.95. The number of nitrogens with zero attached hydrogens (tertiary/aromatic N) is 2. The van der Waals surface area contributed by atoms with E-state index < -0.39 is 0 Å². The highest BCUT2D eigenvalue weighted by atomic mass is 15.4. The summed E-state index contributed by atoms with van der Waals surface area (Å²) in [6.07, 6.45) is 47.4. The van der Waals surface area contributed by atoms with Crippen molar-refractivity contribution < 1.29 is 8.97 Å². The lowest BCUT2D eigenvalue weighted by atomic mass is 10.1. The summed E-state index contributed by atoms with van der Waals surface area (Å²) in [5.74, 6) is 0. The molecule has 0 amide bonds. The van der Waals surface area contributed by atoms with Gasteiger partial charge in [0.05, 0.1) is 52.4 Å². The Kier molecular flexibility index (Phi) is 25.5. The zero-order valence-corrected chi connectivity index (χ0v) is 31.2. The van der Waals surface area contributed by atoms with Crippen molar-refractivity contribution in [3.8, 4) is 0 Å². The largest absolute Gasteiger partial charge is 0.324 e. The van der Waals surface area contributed by atoms with E-state index in [0.717, 1.165) is 0 Å². The molecule has 2 fully saturated rings. The van der Waals surface area contributed by atoms with Crippen LogP contribution in [0, 0.1) is 0 Å². The molecule has 2 heterocycles. The first-order valence-electron chi connectivity index (χ1n) is 21.4. The molecule has 2 aliphatic heterocycles. The molecule has 0 atom stereocenters. The molecule has 0 spiro atoms. The summed E-state index contributed by atoms with van der Waals surface area (Å²) in [6, 6.07) is 0. The van der Waals surface area contributed by atoms with Crippen LogP contribution in [0.4, 0.5) is 0 Å². The van der Waals surface area contributed by atoms with Crippen LogP contribution in [0.2, 0.25) is 0 Å². The molecule has 262 valence electrons. The molecule has 2 heteroatoms. The minimum atomic E-state index is 1.37.